The summed E-state index contributed by atoms with van der Waals surface area (Å²) < 4.78 is 0.853. The Labute approximate surface area is 107 Å². The Bertz CT molecular complexity index is 297. The standard InChI is InChI=1S/C12H21ClN2S/c1-3-15(4-2)8-7-10(14)9-11-5-6-12(13)16-11/h5-6,10H,3-4,7-9,14H2,1-2H3. The Balaban J connectivity index is 2.27. The van der Waals surface area contributed by atoms with Crippen LogP contribution < -0.4 is 5.73 Å². The molecule has 0 amide bonds. The molecule has 0 aliphatic rings. The fourth-order valence-electron chi connectivity index (χ4n) is 1.71. The van der Waals surface area contributed by atoms with Gasteiger partial charge in [0.2, 0.25) is 0 Å². The summed E-state index contributed by atoms with van der Waals surface area (Å²) >= 11 is 7.52. The molecule has 4 heteroatoms. The second-order valence-corrected chi connectivity index (χ2v) is 5.79. The fraction of sp³-hybridized carbons (Fsp3) is 0.667. The smallest absolute Gasteiger partial charge is 0.0931 e. The minimum absolute atomic E-state index is 0.246. The van der Waals surface area contributed by atoms with Crippen molar-refractivity contribution >= 4 is 22.9 Å². The van der Waals surface area contributed by atoms with Crippen molar-refractivity contribution in [1.82, 2.24) is 4.90 Å². The number of hydrogen-bond acceptors (Lipinski definition) is 3. The molecule has 1 aromatic heterocycles. The molecule has 0 fully saturated rings. The van der Waals surface area contributed by atoms with Crippen LogP contribution in [0.25, 0.3) is 0 Å². The summed E-state index contributed by atoms with van der Waals surface area (Å²) in [6.45, 7) is 7.68. The molecule has 0 aliphatic carbocycles. The third-order valence-electron chi connectivity index (χ3n) is 2.80. The molecule has 2 N–H and O–H groups in total. The van der Waals surface area contributed by atoms with E-state index in [1.54, 1.807) is 11.3 Å². The molecule has 1 aromatic rings. The Morgan fingerprint density at radius 3 is 2.56 bits per heavy atom. The van der Waals surface area contributed by atoms with Crippen LogP contribution in [0, 0.1) is 0 Å². The zero-order valence-electron chi connectivity index (χ0n) is 10.1. The molecule has 1 unspecified atom stereocenters. The molecular formula is C12H21ClN2S. The molecule has 92 valence electrons. The number of hydrogen-bond donors (Lipinski definition) is 1. The van der Waals surface area contributed by atoms with E-state index < -0.39 is 0 Å². The predicted octanol–water partition coefficient (Wildman–Crippen LogP) is 3.00. The molecule has 0 spiro atoms. The summed E-state index contributed by atoms with van der Waals surface area (Å²) in [6.07, 6.45) is 2.00. The van der Waals surface area contributed by atoms with Crippen LogP contribution in [0.5, 0.6) is 0 Å². The van der Waals surface area contributed by atoms with Crippen LogP contribution in [-0.2, 0) is 6.42 Å². The Morgan fingerprint density at radius 1 is 1.38 bits per heavy atom. The highest BCUT2D eigenvalue weighted by Crippen LogP contribution is 2.22. The van der Waals surface area contributed by atoms with Crippen molar-refractivity contribution < 1.29 is 0 Å². The lowest BCUT2D eigenvalue weighted by molar-refractivity contribution is 0.290. The van der Waals surface area contributed by atoms with E-state index in [0.29, 0.717) is 0 Å². The Kier molecular flexibility index (Phi) is 6.36. The van der Waals surface area contributed by atoms with E-state index in [-0.39, 0.29) is 6.04 Å². The van der Waals surface area contributed by atoms with E-state index in [2.05, 4.69) is 24.8 Å². The summed E-state index contributed by atoms with van der Waals surface area (Å²) in [6, 6.07) is 4.26. The fourth-order valence-corrected chi connectivity index (χ4v) is 2.89. The van der Waals surface area contributed by atoms with Crippen molar-refractivity contribution in [2.24, 2.45) is 5.73 Å². The summed E-state index contributed by atoms with van der Waals surface area (Å²) in [5, 5.41) is 0. The van der Waals surface area contributed by atoms with Crippen LogP contribution in [0.1, 0.15) is 25.1 Å². The number of rotatable bonds is 7. The quantitative estimate of drug-likeness (QED) is 0.817. The van der Waals surface area contributed by atoms with Gasteiger partial charge in [-0.2, -0.15) is 0 Å². The number of nitrogens with two attached hydrogens (primary N) is 1. The van der Waals surface area contributed by atoms with Gasteiger partial charge in [-0.1, -0.05) is 25.4 Å². The molecule has 0 saturated carbocycles. The predicted molar refractivity (Wildman–Crippen MR) is 73.4 cm³/mol. The zero-order valence-corrected chi connectivity index (χ0v) is 11.7. The number of halogens is 1. The number of nitrogens with zero attached hydrogens (tertiary/aromatic N) is 1. The van der Waals surface area contributed by atoms with Gasteiger partial charge in [0, 0.05) is 10.9 Å². The van der Waals surface area contributed by atoms with Crippen molar-refractivity contribution in [3.05, 3.63) is 21.3 Å². The van der Waals surface area contributed by atoms with Crippen LogP contribution in [0.4, 0.5) is 0 Å². The zero-order chi connectivity index (χ0) is 12.0. The van der Waals surface area contributed by atoms with Crippen molar-refractivity contribution in [2.45, 2.75) is 32.7 Å². The monoisotopic (exact) mass is 260 g/mol. The summed E-state index contributed by atoms with van der Waals surface area (Å²) in [4.78, 5) is 3.69. The van der Waals surface area contributed by atoms with E-state index in [4.69, 9.17) is 17.3 Å². The normalized spacial score (nSPS) is 13.3. The molecule has 0 radical (unpaired) electrons. The van der Waals surface area contributed by atoms with Gasteiger partial charge in [-0.25, -0.2) is 0 Å². The van der Waals surface area contributed by atoms with Crippen LogP contribution >= 0.6 is 22.9 Å². The van der Waals surface area contributed by atoms with E-state index >= 15 is 0 Å². The molecule has 1 rings (SSSR count). The van der Waals surface area contributed by atoms with Gasteiger partial charge in [0.25, 0.3) is 0 Å². The summed E-state index contributed by atoms with van der Waals surface area (Å²) in [5.41, 5.74) is 6.11. The second-order valence-electron chi connectivity index (χ2n) is 3.99. The van der Waals surface area contributed by atoms with Gasteiger partial charge in [-0.15, -0.1) is 11.3 Å². The topological polar surface area (TPSA) is 29.3 Å². The van der Waals surface area contributed by atoms with Crippen molar-refractivity contribution in [3.8, 4) is 0 Å². The molecular weight excluding hydrogens is 240 g/mol. The highest BCUT2D eigenvalue weighted by atomic mass is 35.5. The first-order valence-corrected chi connectivity index (χ1v) is 7.07. The average molecular weight is 261 g/mol. The van der Waals surface area contributed by atoms with Gasteiger partial charge in [0.15, 0.2) is 0 Å². The molecule has 0 bridgehead atoms. The third-order valence-corrected chi connectivity index (χ3v) is 4.06. The lowest BCUT2D eigenvalue weighted by Crippen LogP contribution is -2.31. The summed E-state index contributed by atoms with van der Waals surface area (Å²) in [7, 11) is 0. The minimum atomic E-state index is 0.246. The highest BCUT2D eigenvalue weighted by Gasteiger charge is 2.08. The maximum absolute atomic E-state index is 6.11. The van der Waals surface area contributed by atoms with Crippen molar-refractivity contribution in [3.63, 3.8) is 0 Å². The Morgan fingerprint density at radius 2 is 2.06 bits per heavy atom. The molecule has 16 heavy (non-hydrogen) atoms. The molecule has 1 heterocycles. The van der Waals surface area contributed by atoms with Crippen molar-refractivity contribution in [1.29, 1.82) is 0 Å². The average Bonchev–Trinajstić information content (AvgIpc) is 2.65. The molecule has 0 aliphatic heterocycles. The first-order valence-electron chi connectivity index (χ1n) is 5.87. The minimum Gasteiger partial charge on any atom is -0.327 e. The van der Waals surface area contributed by atoms with Gasteiger partial charge >= 0.3 is 0 Å². The van der Waals surface area contributed by atoms with E-state index in [9.17, 15) is 0 Å². The lowest BCUT2D eigenvalue weighted by Gasteiger charge is -2.20. The first kappa shape index (κ1) is 14.0. The van der Waals surface area contributed by atoms with Crippen LogP contribution in [0.15, 0.2) is 12.1 Å². The lowest BCUT2D eigenvalue weighted by atomic mass is 10.1. The molecule has 0 aromatic carbocycles. The van der Waals surface area contributed by atoms with Crippen molar-refractivity contribution in [2.75, 3.05) is 19.6 Å². The van der Waals surface area contributed by atoms with Crippen LogP contribution in [0.3, 0.4) is 0 Å². The number of thiophene rings is 1. The van der Waals surface area contributed by atoms with Gasteiger partial charge in [0.1, 0.15) is 0 Å². The summed E-state index contributed by atoms with van der Waals surface area (Å²) in [5.74, 6) is 0. The molecule has 2 nitrogen and oxygen atoms in total. The van der Waals surface area contributed by atoms with Crippen LogP contribution in [-0.4, -0.2) is 30.6 Å². The SMILES string of the molecule is CCN(CC)CCC(N)Cc1ccc(Cl)s1. The maximum atomic E-state index is 6.11. The first-order chi connectivity index (χ1) is 7.65. The van der Waals surface area contributed by atoms with E-state index in [1.807, 2.05) is 6.07 Å². The van der Waals surface area contributed by atoms with Gasteiger partial charge in [-0.05, 0) is 44.6 Å². The highest BCUT2D eigenvalue weighted by molar-refractivity contribution is 7.16. The maximum Gasteiger partial charge on any atom is 0.0931 e. The van der Waals surface area contributed by atoms with Gasteiger partial charge in [0.05, 0.1) is 4.34 Å². The van der Waals surface area contributed by atoms with Gasteiger partial charge < -0.3 is 10.6 Å². The van der Waals surface area contributed by atoms with E-state index in [0.717, 1.165) is 36.8 Å². The second kappa shape index (κ2) is 7.28. The van der Waals surface area contributed by atoms with E-state index in [1.165, 1.54) is 4.88 Å². The van der Waals surface area contributed by atoms with Crippen LogP contribution in [0.2, 0.25) is 4.34 Å². The largest absolute Gasteiger partial charge is 0.327 e. The molecule has 0 saturated heterocycles. The Hall–Kier alpha value is -0.0900. The third kappa shape index (κ3) is 4.83. The molecule has 1 atom stereocenters. The van der Waals surface area contributed by atoms with Gasteiger partial charge in [-0.3, -0.25) is 0 Å².